The second-order valence-electron chi connectivity index (χ2n) is 2.52. The third-order valence-corrected chi connectivity index (χ3v) is 1.79. The standard InChI is InChI=1S/C9H9ClN2O/c10-7-5-6(1-3-8(7)11)2-4-9(12)13/h1-5H,11H2,(H2,12,13). The molecule has 3 nitrogen and oxygen atoms in total. The van der Waals surface area contributed by atoms with Gasteiger partial charge >= 0.3 is 0 Å². The lowest BCUT2D eigenvalue weighted by atomic mass is 10.2. The van der Waals surface area contributed by atoms with Crippen molar-refractivity contribution in [3.05, 3.63) is 34.9 Å². The number of rotatable bonds is 2. The normalized spacial score (nSPS) is 10.5. The Morgan fingerprint density at radius 3 is 2.69 bits per heavy atom. The van der Waals surface area contributed by atoms with Crippen LogP contribution in [0.4, 0.5) is 5.69 Å². The largest absolute Gasteiger partial charge is 0.398 e. The molecule has 0 bridgehead atoms. The fraction of sp³-hybridized carbons (Fsp3) is 0. The summed E-state index contributed by atoms with van der Waals surface area (Å²) in [4.78, 5) is 10.4. The minimum Gasteiger partial charge on any atom is -0.398 e. The van der Waals surface area contributed by atoms with Gasteiger partial charge in [0.05, 0.1) is 10.7 Å². The van der Waals surface area contributed by atoms with Crippen molar-refractivity contribution >= 4 is 29.3 Å². The maximum absolute atomic E-state index is 10.4. The first-order valence-electron chi connectivity index (χ1n) is 3.62. The Labute approximate surface area is 81.0 Å². The fourth-order valence-corrected chi connectivity index (χ4v) is 1.01. The third kappa shape index (κ3) is 2.80. The number of hydrogen-bond donors (Lipinski definition) is 2. The first-order valence-corrected chi connectivity index (χ1v) is 4.00. The van der Waals surface area contributed by atoms with Crippen LogP contribution >= 0.6 is 11.6 Å². The Balaban J connectivity index is 2.92. The lowest BCUT2D eigenvalue weighted by molar-refractivity contribution is -0.113. The van der Waals surface area contributed by atoms with Gasteiger partial charge in [0, 0.05) is 6.08 Å². The molecule has 4 heteroatoms. The quantitative estimate of drug-likeness (QED) is 0.555. The lowest BCUT2D eigenvalue weighted by Crippen LogP contribution is -2.05. The number of nitrogen functional groups attached to an aromatic ring is 1. The van der Waals surface area contributed by atoms with Crippen LogP contribution < -0.4 is 11.5 Å². The van der Waals surface area contributed by atoms with Gasteiger partial charge in [0.1, 0.15) is 0 Å². The van der Waals surface area contributed by atoms with Gasteiger partial charge in [0.2, 0.25) is 5.91 Å². The number of halogens is 1. The van der Waals surface area contributed by atoms with E-state index in [1.54, 1.807) is 24.3 Å². The van der Waals surface area contributed by atoms with Crippen molar-refractivity contribution in [2.45, 2.75) is 0 Å². The van der Waals surface area contributed by atoms with Crippen LogP contribution in [0.2, 0.25) is 5.02 Å². The minimum absolute atomic E-state index is 0.464. The van der Waals surface area contributed by atoms with Gasteiger partial charge in [0.25, 0.3) is 0 Å². The molecule has 1 amide bonds. The van der Waals surface area contributed by atoms with Crippen LogP contribution in [0.25, 0.3) is 6.08 Å². The number of nitrogens with two attached hydrogens (primary N) is 2. The molecule has 0 atom stereocenters. The van der Waals surface area contributed by atoms with E-state index in [1.807, 2.05) is 0 Å². The van der Waals surface area contributed by atoms with Gasteiger partial charge in [-0.05, 0) is 23.8 Å². The zero-order valence-electron chi connectivity index (χ0n) is 6.83. The van der Waals surface area contributed by atoms with Gasteiger partial charge in [-0.2, -0.15) is 0 Å². The summed E-state index contributed by atoms with van der Waals surface area (Å²) in [6.07, 6.45) is 2.84. The van der Waals surface area contributed by atoms with Gasteiger partial charge < -0.3 is 11.5 Å². The molecule has 4 N–H and O–H groups in total. The second kappa shape index (κ2) is 3.96. The fourth-order valence-electron chi connectivity index (χ4n) is 0.825. The summed E-state index contributed by atoms with van der Waals surface area (Å²) in [5.41, 5.74) is 11.7. The van der Waals surface area contributed by atoms with Gasteiger partial charge in [-0.3, -0.25) is 4.79 Å². The van der Waals surface area contributed by atoms with Crippen LogP contribution in [0.1, 0.15) is 5.56 Å². The molecule has 0 aromatic heterocycles. The lowest BCUT2D eigenvalue weighted by Gasteiger charge is -1.98. The SMILES string of the molecule is NC(=O)C=Cc1ccc(N)c(Cl)c1. The summed E-state index contributed by atoms with van der Waals surface area (Å²) >= 11 is 5.75. The van der Waals surface area contributed by atoms with Gasteiger partial charge in [-0.1, -0.05) is 17.7 Å². The van der Waals surface area contributed by atoms with Crippen molar-refractivity contribution in [3.63, 3.8) is 0 Å². The van der Waals surface area contributed by atoms with Gasteiger partial charge in [-0.15, -0.1) is 0 Å². The van der Waals surface area contributed by atoms with E-state index in [1.165, 1.54) is 6.08 Å². The zero-order valence-corrected chi connectivity index (χ0v) is 7.58. The summed E-state index contributed by atoms with van der Waals surface area (Å²) in [5.74, 6) is -0.493. The van der Waals surface area contributed by atoms with Crippen LogP contribution in [0, 0.1) is 0 Å². The number of carbonyl (C=O) groups is 1. The molecule has 0 spiro atoms. The van der Waals surface area contributed by atoms with Crippen LogP contribution in [0.5, 0.6) is 0 Å². The average Bonchev–Trinajstić information content (AvgIpc) is 2.07. The Morgan fingerprint density at radius 1 is 1.46 bits per heavy atom. The van der Waals surface area contributed by atoms with E-state index < -0.39 is 5.91 Å². The maximum atomic E-state index is 10.4. The third-order valence-electron chi connectivity index (χ3n) is 1.46. The van der Waals surface area contributed by atoms with Crippen LogP contribution in [0.3, 0.4) is 0 Å². The minimum atomic E-state index is -0.493. The van der Waals surface area contributed by atoms with Crippen molar-refractivity contribution in [2.75, 3.05) is 5.73 Å². The molecule has 1 aromatic rings. The highest BCUT2D eigenvalue weighted by atomic mass is 35.5. The molecular weight excluding hydrogens is 188 g/mol. The molecule has 13 heavy (non-hydrogen) atoms. The molecule has 68 valence electrons. The van der Waals surface area contributed by atoms with E-state index in [4.69, 9.17) is 23.1 Å². The summed E-state index contributed by atoms with van der Waals surface area (Å²) in [5, 5.41) is 0.464. The molecule has 0 aliphatic rings. The first-order chi connectivity index (χ1) is 6.09. The Kier molecular flexibility index (Phi) is 2.93. The molecule has 0 aliphatic carbocycles. The summed E-state index contributed by atoms with van der Waals surface area (Å²) in [7, 11) is 0. The molecule has 0 unspecified atom stereocenters. The number of hydrogen-bond acceptors (Lipinski definition) is 2. The van der Waals surface area contributed by atoms with Crippen molar-refractivity contribution in [2.24, 2.45) is 5.73 Å². The van der Waals surface area contributed by atoms with Crippen molar-refractivity contribution in [1.29, 1.82) is 0 Å². The molecule has 0 fully saturated rings. The monoisotopic (exact) mass is 196 g/mol. The molecule has 0 radical (unpaired) electrons. The molecule has 0 aliphatic heterocycles. The van der Waals surface area contributed by atoms with E-state index in [0.29, 0.717) is 10.7 Å². The van der Waals surface area contributed by atoms with Crippen molar-refractivity contribution < 1.29 is 4.79 Å². The highest BCUT2D eigenvalue weighted by molar-refractivity contribution is 6.33. The average molecular weight is 197 g/mol. The van der Waals surface area contributed by atoms with Crippen LogP contribution in [-0.4, -0.2) is 5.91 Å². The van der Waals surface area contributed by atoms with Crippen molar-refractivity contribution in [1.82, 2.24) is 0 Å². The molecular formula is C9H9ClN2O. The Hall–Kier alpha value is -1.48. The molecule has 1 rings (SSSR count). The number of anilines is 1. The Bertz CT molecular complexity index is 361. The first kappa shape index (κ1) is 9.61. The number of amides is 1. The highest BCUT2D eigenvalue weighted by Crippen LogP contribution is 2.20. The van der Waals surface area contributed by atoms with Crippen LogP contribution in [0.15, 0.2) is 24.3 Å². The maximum Gasteiger partial charge on any atom is 0.241 e. The molecule has 1 aromatic carbocycles. The van der Waals surface area contributed by atoms with E-state index in [0.717, 1.165) is 5.56 Å². The van der Waals surface area contributed by atoms with Gasteiger partial charge in [-0.25, -0.2) is 0 Å². The summed E-state index contributed by atoms with van der Waals surface area (Å²) in [6.45, 7) is 0. The number of carbonyl (C=O) groups excluding carboxylic acids is 1. The van der Waals surface area contributed by atoms with E-state index >= 15 is 0 Å². The number of benzene rings is 1. The predicted molar refractivity (Wildman–Crippen MR) is 54.1 cm³/mol. The number of primary amides is 1. The summed E-state index contributed by atoms with van der Waals surface area (Å²) < 4.78 is 0. The van der Waals surface area contributed by atoms with E-state index in [-0.39, 0.29) is 0 Å². The zero-order chi connectivity index (χ0) is 9.84. The van der Waals surface area contributed by atoms with Gasteiger partial charge in [0.15, 0.2) is 0 Å². The predicted octanol–water partition coefficient (Wildman–Crippen LogP) is 1.42. The second-order valence-corrected chi connectivity index (χ2v) is 2.92. The molecule has 0 saturated heterocycles. The topological polar surface area (TPSA) is 69.1 Å². The van der Waals surface area contributed by atoms with E-state index in [9.17, 15) is 4.79 Å². The molecule has 0 saturated carbocycles. The smallest absolute Gasteiger partial charge is 0.241 e. The molecule has 0 heterocycles. The van der Waals surface area contributed by atoms with Crippen LogP contribution in [-0.2, 0) is 4.79 Å². The van der Waals surface area contributed by atoms with E-state index in [2.05, 4.69) is 0 Å². The summed E-state index contributed by atoms with van der Waals surface area (Å²) in [6, 6.07) is 5.08. The Morgan fingerprint density at radius 2 is 2.15 bits per heavy atom. The van der Waals surface area contributed by atoms with Crippen molar-refractivity contribution in [3.8, 4) is 0 Å². The highest BCUT2D eigenvalue weighted by Gasteiger charge is 1.95.